The van der Waals surface area contributed by atoms with Crippen LogP contribution in [0.25, 0.3) is 0 Å². The van der Waals surface area contributed by atoms with Gasteiger partial charge in [-0.25, -0.2) is 0 Å². The van der Waals surface area contributed by atoms with Crippen molar-refractivity contribution in [2.45, 2.75) is 32.1 Å². The van der Waals surface area contributed by atoms with Crippen molar-refractivity contribution in [3.05, 3.63) is 125 Å². The number of methoxy groups -OCH3 is 1. The molecular weight excluding hydrogens is 464 g/mol. The van der Waals surface area contributed by atoms with E-state index in [9.17, 15) is 14.7 Å². The Kier molecular flexibility index (Phi) is 7.73. The Hall–Kier alpha value is -4.38. The van der Waals surface area contributed by atoms with Gasteiger partial charge in [-0.15, -0.1) is 0 Å². The fraction of sp³-hybridized carbons (Fsp3) is 0.188. The van der Waals surface area contributed by atoms with Crippen LogP contribution in [0.4, 0.5) is 0 Å². The van der Waals surface area contributed by atoms with Crippen molar-refractivity contribution >= 4 is 11.8 Å². The molecule has 1 unspecified atom stereocenters. The van der Waals surface area contributed by atoms with E-state index in [1.54, 1.807) is 55.6 Å². The molecule has 4 aromatic rings. The van der Waals surface area contributed by atoms with E-state index in [1.807, 2.05) is 31.2 Å². The van der Waals surface area contributed by atoms with E-state index < -0.39 is 11.4 Å². The molecule has 0 aliphatic rings. The lowest BCUT2D eigenvalue weighted by molar-refractivity contribution is -0.137. The van der Waals surface area contributed by atoms with Crippen molar-refractivity contribution < 1.29 is 24.2 Å². The van der Waals surface area contributed by atoms with E-state index in [0.717, 1.165) is 16.7 Å². The number of aliphatic carboxylic acids is 1. The molecule has 0 saturated carbocycles. The van der Waals surface area contributed by atoms with Gasteiger partial charge in [0, 0.05) is 23.0 Å². The van der Waals surface area contributed by atoms with Crippen molar-refractivity contribution in [3.8, 4) is 17.2 Å². The fourth-order valence-electron chi connectivity index (χ4n) is 4.34. The number of carboxylic acid groups (broad SMARTS) is 1. The van der Waals surface area contributed by atoms with Gasteiger partial charge in [-0.05, 0) is 85.1 Å². The van der Waals surface area contributed by atoms with E-state index in [1.165, 1.54) is 0 Å². The maximum Gasteiger partial charge on any atom is 0.303 e. The van der Waals surface area contributed by atoms with Crippen molar-refractivity contribution in [2.75, 3.05) is 7.11 Å². The second kappa shape index (κ2) is 11.1. The number of ketones is 1. The van der Waals surface area contributed by atoms with Crippen LogP contribution < -0.4 is 9.47 Å². The Morgan fingerprint density at radius 1 is 0.703 bits per heavy atom. The maximum atomic E-state index is 12.8. The third-order valence-corrected chi connectivity index (χ3v) is 6.72. The quantitative estimate of drug-likeness (QED) is 0.236. The highest BCUT2D eigenvalue weighted by Gasteiger charge is 2.29. The highest BCUT2D eigenvalue weighted by Crippen LogP contribution is 2.38. The van der Waals surface area contributed by atoms with Gasteiger partial charge in [0.1, 0.15) is 17.2 Å². The van der Waals surface area contributed by atoms with E-state index in [2.05, 4.69) is 31.2 Å². The minimum Gasteiger partial charge on any atom is -0.497 e. The number of ether oxygens (including phenoxy) is 2. The molecule has 0 aromatic heterocycles. The molecule has 0 spiro atoms. The first kappa shape index (κ1) is 25.7. The summed E-state index contributed by atoms with van der Waals surface area (Å²) in [7, 11) is 1.59. The highest BCUT2D eigenvalue weighted by atomic mass is 16.5. The van der Waals surface area contributed by atoms with Crippen LogP contribution in [-0.2, 0) is 10.2 Å². The van der Waals surface area contributed by atoms with Gasteiger partial charge in [0.05, 0.1) is 7.11 Å². The molecule has 0 saturated heterocycles. The largest absolute Gasteiger partial charge is 0.497 e. The lowest BCUT2D eigenvalue weighted by Crippen LogP contribution is -2.24. The molecule has 4 rings (SSSR count). The zero-order chi connectivity index (χ0) is 26.4. The second-order valence-electron chi connectivity index (χ2n) is 9.30. The van der Waals surface area contributed by atoms with Gasteiger partial charge in [-0.1, -0.05) is 48.9 Å². The molecule has 1 atom stereocenters. The first-order valence-electron chi connectivity index (χ1n) is 12.1. The molecule has 0 aliphatic heterocycles. The zero-order valence-corrected chi connectivity index (χ0v) is 21.2. The van der Waals surface area contributed by atoms with Crippen molar-refractivity contribution in [2.24, 2.45) is 0 Å². The Balaban J connectivity index is 1.49. The van der Waals surface area contributed by atoms with Crippen LogP contribution in [-0.4, -0.2) is 24.0 Å². The van der Waals surface area contributed by atoms with Gasteiger partial charge in [0.25, 0.3) is 0 Å². The minimum atomic E-state index is -0.813. The molecular formula is C32H30O5. The molecule has 0 fully saturated rings. The Bertz CT molecular complexity index is 1360. The molecule has 0 aliphatic carbocycles. The van der Waals surface area contributed by atoms with Crippen LogP contribution in [0, 0.1) is 6.92 Å². The van der Waals surface area contributed by atoms with Crippen LogP contribution in [0.1, 0.15) is 52.4 Å². The Morgan fingerprint density at radius 3 is 1.59 bits per heavy atom. The number of benzene rings is 4. The summed E-state index contributed by atoms with van der Waals surface area (Å²) < 4.78 is 11.2. The van der Waals surface area contributed by atoms with E-state index in [4.69, 9.17) is 9.47 Å². The number of hydrogen-bond donors (Lipinski definition) is 1. The summed E-state index contributed by atoms with van der Waals surface area (Å²) in [5.41, 5.74) is 3.96. The molecule has 37 heavy (non-hydrogen) atoms. The van der Waals surface area contributed by atoms with Crippen molar-refractivity contribution in [1.82, 2.24) is 0 Å². The predicted octanol–water partition coefficient (Wildman–Crippen LogP) is 7.20. The molecule has 0 radical (unpaired) electrons. The molecule has 0 heterocycles. The third kappa shape index (κ3) is 6.07. The average Bonchev–Trinajstić information content (AvgIpc) is 2.92. The summed E-state index contributed by atoms with van der Waals surface area (Å²) in [4.78, 5) is 24.1. The summed E-state index contributed by atoms with van der Waals surface area (Å²) in [5, 5.41) is 9.32. The van der Waals surface area contributed by atoms with Crippen LogP contribution in [0.2, 0.25) is 0 Å². The van der Waals surface area contributed by atoms with Gasteiger partial charge < -0.3 is 14.6 Å². The molecule has 0 amide bonds. The van der Waals surface area contributed by atoms with Gasteiger partial charge in [0.15, 0.2) is 5.78 Å². The summed E-state index contributed by atoms with van der Waals surface area (Å²) in [5.74, 6) is 1.09. The van der Waals surface area contributed by atoms with E-state index >= 15 is 0 Å². The van der Waals surface area contributed by atoms with Gasteiger partial charge in [0.2, 0.25) is 0 Å². The third-order valence-electron chi connectivity index (χ3n) is 6.72. The molecule has 5 nitrogen and oxygen atoms in total. The monoisotopic (exact) mass is 494 g/mol. The standard InChI is InChI=1S/C32H30O5/c1-22-4-10-25(11-5-22)32(2,21-20-30(33)34)26-12-18-29(19-13-26)37-28-16-8-24(9-17-28)31(35)23-6-14-27(36-3)15-7-23/h4-19H,20-21H2,1-3H3,(H,33,34). The number of carboxylic acids is 1. The lowest BCUT2D eigenvalue weighted by atomic mass is 9.73. The Morgan fingerprint density at radius 2 is 1.14 bits per heavy atom. The number of rotatable bonds is 10. The van der Waals surface area contributed by atoms with Crippen LogP contribution >= 0.6 is 0 Å². The van der Waals surface area contributed by atoms with Crippen LogP contribution in [0.15, 0.2) is 97.1 Å². The summed E-state index contributed by atoms with van der Waals surface area (Å²) in [6.07, 6.45) is 0.555. The topological polar surface area (TPSA) is 72.8 Å². The molecule has 5 heteroatoms. The smallest absolute Gasteiger partial charge is 0.303 e. The fourth-order valence-corrected chi connectivity index (χ4v) is 4.34. The zero-order valence-electron chi connectivity index (χ0n) is 21.2. The first-order chi connectivity index (χ1) is 17.8. The maximum absolute atomic E-state index is 12.8. The Labute approximate surface area is 217 Å². The molecule has 4 aromatic carbocycles. The van der Waals surface area contributed by atoms with Gasteiger partial charge in [-0.2, -0.15) is 0 Å². The number of aryl methyl sites for hydroxylation is 1. The van der Waals surface area contributed by atoms with E-state index in [-0.39, 0.29) is 12.2 Å². The van der Waals surface area contributed by atoms with Crippen LogP contribution in [0.3, 0.4) is 0 Å². The van der Waals surface area contributed by atoms with E-state index in [0.29, 0.717) is 34.8 Å². The van der Waals surface area contributed by atoms with Gasteiger partial charge in [-0.3, -0.25) is 9.59 Å². The number of carbonyl (C=O) groups is 2. The first-order valence-corrected chi connectivity index (χ1v) is 12.1. The minimum absolute atomic E-state index is 0.0736. The number of carbonyl (C=O) groups excluding carboxylic acids is 1. The summed E-state index contributed by atoms with van der Waals surface area (Å²) in [6.45, 7) is 4.11. The van der Waals surface area contributed by atoms with Gasteiger partial charge >= 0.3 is 5.97 Å². The normalized spacial score (nSPS) is 12.4. The van der Waals surface area contributed by atoms with Crippen molar-refractivity contribution in [1.29, 1.82) is 0 Å². The number of hydrogen-bond acceptors (Lipinski definition) is 4. The second-order valence-corrected chi connectivity index (χ2v) is 9.30. The lowest BCUT2D eigenvalue weighted by Gasteiger charge is -2.31. The highest BCUT2D eigenvalue weighted by molar-refractivity contribution is 6.09. The predicted molar refractivity (Wildman–Crippen MR) is 144 cm³/mol. The van der Waals surface area contributed by atoms with Crippen molar-refractivity contribution in [3.63, 3.8) is 0 Å². The molecule has 0 bridgehead atoms. The SMILES string of the molecule is COc1ccc(C(=O)c2ccc(Oc3ccc(C(C)(CCC(=O)O)c4ccc(C)cc4)cc3)cc2)cc1. The summed E-state index contributed by atoms with van der Waals surface area (Å²) in [6, 6.07) is 30.0. The van der Waals surface area contributed by atoms with Crippen LogP contribution in [0.5, 0.6) is 17.2 Å². The average molecular weight is 495 g/mol. The summed E-state index contributed by atoms with van der Waals surface area (Å²) >= 11 is 0. The molecule has 188 valence electrons. The molecule has 1 N–H and O–H groups in total.